The second-order valence-corrected chi connectivity index (χ2v) is 6.87. The minimum Gasteiger partial charge on any atom is -0.305 e. The highest BCUT2D eigenvalue weighted by Gasteiger charge is 2.29. The lowest BCUT2D eigenvalue weighted by Crippen LogP contribution is -2.38. The molecule has 2 atom stereocenters. The van der Waals surface area contributed by atoms with E-state index in [1.807, 2.05) is 16.7 Å². The molecule has 22 heavy (non-hydrogen) atoms. The Morgan fingerprint density at radius 1 is 1.41 bits per heavy atom. The predicted octanol–water partition coefficient (Wildman–Crippen LogP) is 3.71. The van der Waals surface area contributed by atoms with Gasteiger partial charge in [-0.2, -0.15) is 0 Å². The van der Waals surface area contributed by atoms with Crippen LogP contribution in [0.25, 0.3) is 11.0 Å². The molecule has 5 heteroatoms. The quantitative estimate of drug-likeness (QED) is 0.857. The van der Waals surface area contributed by atoms with Crippen molar-refractivity contribution in [3.63, 3.8) is 0 Å². The van der Waals surface area contributed by atoms with Crippen molar-refractivity contribution in [2.45, 2.75) is 46.3 Å². The maximum atomic E-state index is 12.3. The average molecular weight is 320 g/mol. The maximum absolute atomic E-state index is 12.3. The smallest absolute Gasteiger partial charge is 0.305 e. The highest BCUT2D eigenvalue weighted by molar-refractivity contribution is 6.31. The molecule has 0 saturated carbocycles. The maximum Gasteiger partial charge on any atom is 0.326 e. The third-order valence-electron chi connectivity index (χ3n) is 4.53. The van der Waals surface area contributed by atoms with E-state index in [9.17, 15) is 4.79 Å². The SMILES string of the molecule is CC(C)=CCN1C(C)Cn2c(=O)[nH]c3cc(Cl)cc(c32)[C@@H]1C. The van der Waals surface area contributed by atoms with Gasteiger partial charge in [0.2, 0.25) is 0 Å². The molecule has 0 bridgehead atoms. The number of nitrogens with one attached hydrogen (secondary N) is 1. The summed E-state index contributed by atoms with van der Waals surface area (Å²) in [6.45, 7) is 10.1. The Hall–Kier alpha value is -1.52. The van der Waals surface area contributed by atoms with Gasteiger partial charge in [0.1, 0.15) is 0 Å². The van der Waals surface area contributed by atoms with E-state index in [1.54, 1.807) is 0 Å². The summed E-state index contributed by atoms with van der Waals surface area (Å²) in [6, 6.07) is 4.30. The zero-order chi connectivity index (χ0) is 16.0. The summed E-state index contributed by atoms with van der Waals surface area (Å²) in [5.74, 6) is 0. The predicted molar refractivity (Wildman–Crippen MR) is 91.6 cm³/mol. The van der Waals surface area contributed by atoms with Gasteiger partial charge >= 0.3 is 5.69 Å². The van der Waals surface area contributed by atoms with Gasteiger partial charge in [-0.3, -0.25) is 9.47 Å². The van der Waals surface area contributed by atoms with E-state index in [0.29, 0.717) is 11.6 Å². The van der Waals surface area contributed by atoms with Crippen molar-refractivity contribution in [1.82, 2.24) is 14.5 Å². The average Bonchev–Trinajstić information content (AvgIpc) is 2.67. The highest BCUT2D eigenvalue weighted by Crippen LogP contribution is 2.34. The van der Waals surface area contributed by atoms with Crippen LogP contribution in [-0.2, 0) is 6.54 Å². The van der Waals surface area contributed by atoms with Gasteiger partial charge in [0, 0.05) is 30.2 Å². The van der Waals surface area contributed by atoms with Crippen LogP contribution >= 0.6 is 11.6 Å². The van der Waals surface area contributed by atoms with Crippen molar-refractivity contribution in [1.29, 1.82) is 0 Å². The second kappa shape index (κ2) is 5.60. The van der Waals surface area contributed by atoms with Gasteiger partial charge in [-0.25, -0.2) is 4.79 Å². The molecule has 1 unspecified atom stereocenters. The first kappa shape index (κ1) is 15.4. The van der Waals surface area contributed by atoms with Crippen molar-refractivity contribution in [2.75, 3.05) is 6.54 Å². The molecule has 1 N–H and O–H groups in total. The highest BCUT2D eigenvalue weighted by atomic mass is 35.5. The summed E-state index contributed by atoms with van der Waals surface area (Å²) in [4.78, 5) is 17.6. The Labute approximate surface area is 135 Å². The molecule has 0 saturated heterocycles. The molecular weight excluding hydrogens is 298 g/mol. The molecule has 1 aromatic carbocycles. The number of allylic oxidation sites excluding steroid dienone is 1. The van der Waals surface area contributed by atoms with Crippen molar-refractivity contribution >= 4 is 22.6 Å². The number of rotatable bonds is 2. The lowest BCUT2D eigenvalue weighted by molar-refractivity contribution is 0.165. The number of halogens is 1. The number of imidazole rings is 1. The van der Waals surface area contributed by atoms with E-state index < -0.39 is 0 Å². The Balaban J connectivity index is 2.18. The van der Waals surface area contributed by atoms with Crippen LogP contribution < -0.4 is 5.69 Å². The summed E-state index contributed by atoms with van der Waals surface area (Å²) < 4.78 is 1.85. The number of H-pyrrole nitrogens is 1. The minimum atomic E-state index is -0.0540. The van der Waals surface area contributed by atoms with Crippen LogP contribution in [-0.4, -0.2) is 27.0 Å². The molecule has 0 aliphatic carbocycles. The Morgan fingerprint density at radius 2 is 2.14 bits per heavy atom. The Morgan fingerprint density at radius 3 is 2.82 bits per heavy atom. The molecule has 1 aliphatic rings. The van der Waals surface area contributed by atoms with E-state index >= 15 is 0 Å². The summed E-state index contributed by atoms with van der Waals surface area (Å²) >= 11 is 6.26. The van der Waals surface area contributed by atoms with Crippen LogP contribution in [0, 0.1) is 0 Å². The fourth-order valence-corrected chi connectivity index (χ4v) is 3.58. The van der Waals surface area contributed by atoms with Crippen molar-refractivity contribution < 1.29 is 0 Å². The summed E-state index contributed by atoms with van der Waals surface area (Å²) in [5, 5.41) is 0.666. The minimum absolute atomic E-state index is 0.0540. The number of aromatic nitrogens is 2. The first-order chi connectivity index (χ1) is 10.4. The van der Waals surface area contributed by atoms with Crippen molar-refractivity contribution in [2.24, 2.45) is 0 Å². The van der Waals surface area contributed by atoms with Crippen molar-refractivity contribution in [3.8, 4) is 0 Å². The van der Waals surface area contributed by atoms with Gasteiger partial charge < -0.3 is 4.98 Å². The van der Waals surface area contributed by atoms with Crippen LogP contribution in [0.2, 0.25) is 5.02 Å². The fraction of sp³-hybridized carbons (Fsp3) is 0.471. The fourth-order valence-electron chi connectivity index (χ4n) is 3.35. The van der Waals surface area contributed by atoms with Gasteiger partial charge in [0.15, 0.2) is 0 Å². The number of benzene rings is 1. The second-order valence-electron chi connectivity index (χ2n) is 6.44. The largest absolute Gasteiger partial charge is 0.326 e. The van der Waals surface area contributed by atoms with E-state index in [2.05, 4.69) is 43.7 Å². The standard InChI is InChI=1S/C17H22ClN3O/c1-10(2)5-6-20-11(3)9-21-16-14(12(20)4)7-13(18)8-15(16)19-17(21)22/h5,7-8,11-12H,6,9H2,1-4H3,(H,19,22)/t11?,12-/m0/s1. The molecule has 1 aromatic heterocycles. The van der Waals surface area contributed by atoms with Gasteiger partial charge in [-0.1, -0.05) is 23.3 Å². The first-order valence-electron chi connectivity index (χ1n) is 7.69. The summed E-state index contributed by atoms with van der Waals surface area (Å²) in [7, 11) is 0. The zero-order valence-corrected chi connectivity index (χ0v) is 14.2. The van der Waals surface area contributed by atoms with Crippen LogP contribution in [0.3, 0.4) is 0 Å². The normalized spacial score (nSPS) is 21.9. The lowest BCUT2D eigenvalue weighted by Gasteiger charge is -2.32. The van der Waals surface area contributed by atoms with Gasteiger partial charge in [0.25, 0.3) is 0 Å². The molecule has 3 rings (SSSR count). The number of aromatic amines is 1. The molecule has 1 aliphatic heterocycles. The zero-order valence-electron chi connectivity index (χ0n) is 13.5. The third kappa shape index (κ3) is 2.50. The van der Waals surface area contributed by atoms with Crippen LogP contribution in [0.1, 0.15) is 39.3 Å². The molecule has 0 amide bonds. The molecule has 4 nitrogen and oxygen atoms in total. The van der Waals surface area contributed by atoms with E-state index in [1.165, 1.54) is 5.57 Å². The van der Waals surface area contributed by atoms with E-state index in [-0.39, 0.29) is 17.8 Å². The molecule has 118 valence electrons. The molecule has 0 fully saturated rings. The molecule has 2 heterocycles. The lowest BCUT2D eigenvalue weighted by atomic mass is 10.0. The van der Waals surface area contributed by atoms with E-state index in [0.717, 1.165) is 23.1 Å². The van der Waals surface area contributed by atoms with Crippen LogP contribution in [0.15, 0.2) is 28.6 Å². The van der Waals surface area contributed by atoms with Gasteiger partial charge in [0.05, 0.1) is 11.0 Å². The number of nitrogens with zero attached hydrogens (tertiary/aromatic N) is 2. The first-order valence-corrected chi connectivity index (χ1v) is 8.07. The van der Waals surface area contributed by atoms with Crippen molar-refractivity contribution in [3.05, 3.63) is 44.9 Å². The number of hydrogen-bond donors (Lipinski definition) is 1. The monoisotopic (exact) mass is 319 g/mol. The third-order valence-corrected chi connectivity index (χ3v) is 4.75. The number of hydrogen-bond acceptors (Lipinski definition) is 2. The van der Waals surface area contributed by atoms with Crippen LogP contribution in [0.5, 0.6) is 0 Å². The van der Waals surface area contributed by atoms with Gasteiger partial charge in [-0.05, 0) is 45.4 Å². The summed E-state index contributed by atoms with van der Waals surface area (Å²) in [6.07, 6.45) is 2.24. The van der Waals surface area contributed by atoms with Crippen LogP contribution in [0.4, 0.5) is 0 Å². The topological polar surface area (TPSA) is 41.0 Å². The van der Waals surface area contributed by atoms with Gasteiger partial charge in [-0.15, -0.1) is 0 Å². The molecule has 2 aromatic rings. The molecule has 0 spiro atoms. The molecular formula is C17H22ClN3O. The Bertz CT molecular complexity index is 798. The molecule has 0 radical (unpaired) electrons. The summed E-state index contributed by atoms with van der Waals surface area (Å²) in [5.41, 5.74) is 4.19. The van der Waals surface area contributed by atoms with E-state index in [4.69, 9.17) is 11.6 Å². The Kier molecular flexibility index (Phi) is 3.91.